The highest BCUT2D eigenvalue weighted by Gasteiger charge is 2.27. The molecule has 1 aliphatic heterocycles. The number of hydrogen-bond acceptors (Lipinski definition) is 4. The Morgan fingerprint density at radius 3 is 2.41 bits per heavy atom. The van der Waals surface area contributed by atoms with Crippen molar-refractivity contribution >= 4 is 15.9 Å². The van der Waals surface area contributed by atoms with Gasteiger partial charge in [0, 0.05) is 31.4 Å². The molecule has 32 heavy (non-hydrogen) atoms. The minimum absolute atomic E-state index is 0.202. The topological polar surface area (TPSA) is 84.3 Å². The summed E-state index contributed by atoms with van der Waals surface area (Å²) in [6.45, 7) is 3.65. The van der Waals surface area contributed by atoms with Gasteiger partial charge in [-0.15, -0.1) is 0 Å². The van der Waals surface area contributed by atoms with Crippen LogP contribution in [0.4, 0.5) is 0 Å². The highest BCUT2D eigenvalue weighted by Crippen LogP contribution is 2.21. The van der Waals surface area contributed by atoms with E-state index in [1.807, 2.05) is 48.1 Å². The van der Waals surface area contributed by atoms with Gasteiger partial charge in [-0.25, -0.2) is 13.1 Å². The second-order valence-corrected chi connectivity index (χ2v) is 9.95. The zero-order chi connectivity index (χ0) is 22.6. The maximum atomic E-state index is 12.6. The van der Waals surface area contributed by atoms with E-state index in [0.717, 1.165) is 42.6 Å². The molecule has 0 spiro atoms. The van der Waals surface area contributed by atoms with E-state index in [0.29, 0.717) is 25.2 Å². The average molecular weight is 453 g/mol. The fraction of sp³-hybridized carbons (Fsp3) is 0.333. The molecule has 0 unspecified atom stereocenters. The quantitative estimate of drug-likeness (QED) is 0.532. The van der Waals surface area contributed by atoms with Gasteiger partial charge in [0.05, 0.1) is 16.3 Å². The largest absolute Gasteiger partial charge is 0.352 e. The summed E-state index contributed by atoms with van der Waals surface area (Å²) in [5, 5.41) is 7.49. The van der Waals surface area contributed by atoms with Crippen molar-refractivity contribution in [2.75, 3.05) is 19.6 Å². The minimum atomic E-state index is -3.46. The molecule has 8 heteroatoms. The van der Waals surface area contributed by atoms with Gasteiger partial charge in [-0.2, -0.15) is 9.40 Å². The van der Waals surface area contributed by atoms with Gasteiger partial charge in [0.1, 0.15) is 0 Å². The van der Waals surface area contributed by atoms with E-state index < -0.39 is 10.0 Å². The third-order valence-corrected chi connectivity index (χ3v) is 7.66. The summed E-state index contributed by atoms with van der Waals surface area (Å²) >= 11 is 0. The van der Waals surface area contributed by atoms with Gasteiger partial charge in [-0.05, 0) is 74.6 Å². The number of rotatable bonds is 8. The van der Waals surface area contributed by atoms with Crippen LogP contribution >= 0.6 is 0 Å². The van der Waals surface area contributed by atoms with Crippen LogP contribution in [0.3, 0.4) is 0 Å². The maximum absolute atomic E-state index is 12.6. The lowest BCUT2D eigenvalue weighted by molar-refractivity contribution is 0.0953. The molecule has 1 saturated heterocycles. The van der Waals surface area contributed by atoms with E-state index in [-0.39, 0.29) is 10.8 Å². The molecule has 0 radical (unpaired) electrons. The minimum Gasteiger partial charge on any atom is -0.352 e. The molecule has 0 saturated carbocycles. The van der Waals surface area contributed by atoms with Crippen molar-refractivity contribution in [3.8, 4) is 5.69 Å². The Morgan fingerprint density at radius 1 is 1.03 bits per heavy atom. The predicted octanol–water partition coefficient (Wildman–Crippen LogP) is 3.33. The lowest BCUT2D eigenvalue weighted by Gasteiger charge is -2.15. The van der Waals surface area contributed by atoms with Crippen LogP contribution in [0, 0.1) is 6.92 Å². The molecule has 2 aromatic carbocycles. The average Bonchev–Trinajstić information content (AvgIpc) is 3.48. The van der Waals surface area contributed by atoms with Crippen LogP contribution in [0.25, 0.3) is 5.69 Å². The molecule has 2 heterocycles. The Kier molecular flexibility index (Phi) is 6.72. The first-order valence-electron chi connectivity index (χ1n) is 10.9. The number of nitrogens with zero attached hydrogens (tertiary/aromatic N) is 3. The van der Waals surface area contributed by atoms with E-state index >= 15 is 0 Å². The summed E-state index contributed by atoms with van der Waals surface area (Å²) in [6.07, 6.45) is 5.42. The fourth-order valence-electron chi connectivity index (χ4n) is 3.89. The normalized spacial score (nSPS) is 14.5. The smallest absolute Gasteiger partial charge is 0.251 e. The number of aryl methyl sites for hydroxylation is 2. The summed E-state index contributed by atoms with van der Waals surface area (Å²) in [7, 11) is -3.46. The molecule has 4 rings (SSSR count). The summed E-state index contributed by atoms with van der Waals surface area (Å²) in [6, 6.07) is 16.2. The van der Waals surface area contributed by atoms with Gasteiger partial charge >= 0.3 is 0 Å². The van der Waals surface area contributed by atoms with E-state index in [9.17, 15) is 13.2 Å². The summed E-state index contributed by atoms with van der Waals surface area (Å²) in [5.74, 6) is -0.202. The molecular formula is C24H28N4O3S. The van der Waals surface area contributed by atoms with Crippen LogP contribution < -0.4 is 5.32 Å². The van der Waals surface area contributed by atoms with Crippen molar-refractivity contribution in [2.45, 2.75) is 37.5 Å². The van der Waals surface area contributed by atoms with Crippen molar-refractivity contribution in [1.29, 1.82) is 0 Å². The Morgan fingerprint density at radius 2 is 1.72 bits per heavy atom. The highest BCUT2D eigenvalue weighted by atomic mass is 32.2. The number of aromatic nitrogens is 2. The predicted molar refractivity (Wildman–Crippen MR) is 123 cm³/mol. The van der Waals surface area contributed by atoms with Crippen LogP contribution in [0.2, 0.25) is 0 Å². The van der Waals surface area contributed by atoms with E-state index in [4.69, 9.17) is 0 Å². The monoisotopic (exact) mass is 452 g/mol. The Labute approximate surface area is 189 Å². The second-order valence-electron chi connectivity index (χ2n) is 8.01. The van der Waals surface area contributed by atoms with Crippen molar-refractivity contribution in [2.24, 2.45) is 0 Å². The Bertz CT molecular complexity index is 1170. The standard InChI is InChI=1S/C24H28N4O3S/c1-19-21(18-28(26-19)22-9-3-2-4-10-22)8-7-15-25-24(29)20-11-13-23(14-12-20)32(30,31)27-16-5-6-17-27/h2-4,9-14,18H,5-8,15-17H2,1H3,(H,25,29). The van der Waals surface area contributed by atoms with Crippen LogP contribution in [0.1, 0.15) is 40.9 Å². The molecule has 0 aliphatic carbocycles. The number of para-hydroxylation sites is 1. The summed E-state index contributed by atoms with van der Waals surface area (Å²) in [4.78, 5) is 12.7. The van der Waals surface area contributed by atoms with Gasteiger partial charge in [0.15, 0.2) is 0 Å². The van der Waals surface area contributed by atoms with Gasteiger partial charge in [-0.1, -0.05) is 18.2 Å². The van der Waals surface area contributed by atoms with Gasteiger partial charge in [0.25, 0.3) is 5.91 Å². The number of amides is 1. The molecule has 0 atom stereocenters. The lowest BCUT2D eigenvalue weighted by atomic mass is 10.1. The third-order valence-electron chi connectivity index (χ3n) is 5.75. The number of carbonyl (C=O) groups is 1. The number of carbonyl (C=O) groups excluding carboxylic acids is 1. The molecule has 0 bridgehead atoms. The van der Waals surface area contributed by atoms with Crippen molar-refractivity contribution < 1.29 is 13.2 Å². The zero-order valence-corrected chi connectivity index (χ0v) is 19.0. The summed E-state index contributed by atoms with van der Waals surface area (Å²) < 4.78 is 28.6. The molecule has 1 N–H and O–H groups in total. The Hall–Kier alpha value is -2.97. The van der Waals surface area contributed by atoms with Crippen LogP contribution in [0.5, 0.6) is 0 Å². The maximum Gasteiger partial charge on any atom is 0.251 e. The number of hydrogen-bond donors (Lipinski definition) is 1. The van der Waals surface area contributed by atoms with Gasteiger partial charge < -0.3 is 5.32 Å². The molecule has 1 aromatic heterocycles. The van der Waals surface area contributed by atoms with E-state index in [1.165, 1.54) is 16.4 Å². The zero-order valence-electron chi connectivity index (χ0n) is 18.2. The molecule has 1 aliphatic rings. The molecule has 1 fully saturated rings. The SMILES string of the molecule is Cc1nn(-c2ccccc2)cc1CCCNC(=O)c1ccc(S(=O)(=O)N2CCCC2)cc1. The van der Waals surface area contributed by atoms with Gasteiger partial charge in [-0.3, -0.25) is 4.79 Å². The molecule has 3 aromatic rings. The lowest BCUT2D eigenvalue weighted by Crippen LogP contribution is -2.28. The second kappa shape index (κ2) is 9.67. The molecule has 1 amide bonds. The van der Waals surface area contributed by atoms with E-state index in [1.54, 1.807) is 12.1 Å². The van der Waals surface area contributed by atoms with Crippen LogP contribution in [0.15, 0.2) is 65.7 Å². The molecule has 168 valence electrons. The first-order valence-corrected chi connectivity index (χ1v) is 12.4. The first kappa shape index (κ1) is 22.2. The third kappa shape index (κ3) is 4.92. The van der Waals surface area contributed by atoms with Crippen molar-refractivity contribution in [3.05, 3.63) is 77.6 Å². The summed E-state index contributed by atoms with van der Waals surface area (Å²) in [5.41, 5.74) is 3.61. The number of sulfonamides is 1. The van der Waals surface area contributed by atoms with Crippen molar-refractivity contribution in [1.82, 2.24) is 19.4 Å². The van der Waals surface area contributed by atoms with Gasteiger partial charge in [0.2, 0.25) is 10.0 Å². The fourth-order valence-corrected chi connectivity index (χ4v) is 5.41. The highest BCUT2D eigenvalue weighted by molar-refractivity contribution is 7.89. The van der Waals surface area contributed by atoms with Crippen LogP contribution in [-0.2, 0) is 16.4 Å². The van der Waals surface area contributed by atoms with Crippen molar-refractivity contribution in [3.63, 3.8) is 0 Å². The van der Waals surface area contributed by atoms with Crippen LogP contribution in [-0.4, -0.2) is 48.0 Å². The van der Waals surface area contributed by atoms with E-state index in [2.05, 4.69) is 10.4 Å². The first-order chi connectivity index (χ1) is 15.4. The Balaban J connectivity index is 1.29. The molecule has 7 nitrogen and oxygen atoms in total. The number of benzene rings is 2. The number of nitrogens with one attached hydrogen (secondary N) is 1. The molecular weight excluding hydrogens is 424 g/mol.